The first kappa shape index (κ1) is 24.1. The van der Waals surface area contributed by atoms with E-state index in [0.717, 1.165) is 28.4 Å². The van der Waals surface area contributed by atoms with Gasteiger partial charge >= 0.3 is 0 Å². The normalized spacial score (nSPS) is 11.6. The molecule has 5 nitrogen and oxygen atoms in total. The van der Waals surface area contributed by atoms with Crippen molar-refractivity contribution >= 4 is 35.2 Å². The minimum absolute atomic E-state index is 0.0158. The van der Waals surface area contributed by atoms with Crippen LogP contribution in [-0.2, 0) is 16.1 Å². The molecule has 0 fully saturated rings. The smallest absolute Gasteiger partial charge is 0.242 e. The van der Waals surface area contributed by atoms with Crippen LogP contribution in [0.25, 0.3) is 0 Å². The quantitative estimate of drug-likeness (QED) is 0.397. The van der Waals surface area contributed by atoms with Gasteiger partial charge in [-0.15, -0.1) is 11.8 Å². The summed E-state index contributed by atoms with van der Waals surface area (Å²) in [6.45, 7) is 2.31. The molecule has 1 N–H and O–H groups in total. The summed E-state index contributed by atoms with van der Waals surface area (Å²) in [5.74, 6) is 1.42. The highest BCUT2D eigenvalue weighted by Gasteiger charge is 2.27. The number of nitrogens with zero attached hydrogens (tertiary/aromatic N) is 1. The third-order valence-corrected chi connectivity index (χ3v) is 6.11. The highest BCUT2D eigenvalue weighted by Crippen LogP contribution is 2.22. The fourth-order valence-electron chi connectivity index (χ4n) is 3.10. The number of benzene rings is 2. The molecule has 0 unspecified atom stereocenters. The monoisotopic (exact) mass is 448 g/mol. The van der Waals surface area contributed by atoms with Crippen LogP contribution in [0.15, 0.2) is 53.4 Å². The van der Waals surface area contributed by atoms with Gasteiger partial charge in [-0.3, -0.25) is 9.59 Å². The van der Waals surface area contributed by atoms with E-state index in [1.807, 2.05) is 55.5 Å². The minimum atomic E-state index is -0.492. The third-order valence-electron chi connectivity index (χ3n) is 4.76. The minimum Gasteiger partial charge on any atom is -0.497 e. The summed E-state index contributed by atoms with van der Waals surface area (Å²) >= 11 is 7.61. The number of hydrogen-bond donors (Lipinski definition) is 1. The van der Waals surface area contributed by atoms with E-state index >= 15 is 0 Å². The fourth-order valence-corrected chi connectivity index (χ4v) is 4.08. The molecule has 0 heterocycles. The molecule has 2 rings (SSSR count). The number of nitrogens with one attached hydrogen (secondary N) is 1. The van der Waals surface area contributed by atoms with Crippen LogP contribution in [0.1, 0.15) is 31.7 Å². The van der Waals surface area contributed by atoms with E-state index in [9.17, 15) is 9.59 Å². The Labute approximate surface area is 188 Å². The van der Waals surface area contributed by atoms with Gasteiger partial charge in [-0.2, -0.15) is 0 Å². The zero-order valence-corrected chi connectivity index (χ0v) is 19.3. The molecule has 0 radical (unpaired) electrons. The molecule has 2 aromatic rings. The molecule has 0 saturated carbocycles. The van der Waals surface area contributed by atoms with Crippen LogP contribution in [0.5, 0.6) is 5.75 Å². The second-order valence-electron chi connectivity index (χ2n) is 6.81. The number of amides is 2. The van der Waals surface area contributed by atoms with Gasteiger partial charge in [0.15, 0.2) is 0 Å². The van der Waals surface area contributed by atoms with Crippen LogP contribution in [0, 0.1) is 0 Å². The summed E-state index contributed by atoms with van der Waals surface area (Å²) in [6.07, 6.45) is 1.68. The summed E-state index contributed by atoms with van der Waals surface area (Å²) in [5, 5.41) is 3.39. The zero-order chi connectivity index (χ0) is 21.9. The van der Waals surface area contributed by atoms with Crippen LogP contribution in [0.3, 0.4) is 0 Å². The molecular formula is C23H29ClN2O3S. The van der Waals surface area contributed by atoms with Gasteiger partial charge in [-0.25, -0.2) is 0 Å². The maximum Gasteiger partial charge on any atom is 0.242 e. The summed E-state index contributed by atoms with van der Waals surface area (Å²) in [4.78, 5) is 28.2. The van der Waals surface area contributed by atoms with Crippen LogP contribution >= 0.6 is 23.4 Å². The summed E-state index contributed by atoms with van der Waals surface area (Å²) in [6, 6.07) is 14.8. The summed E-state index contributed by atoms with van der Waals surface area (Å²) in [7, 11) is 3.22. The predicted octanol–water partition coefficient (Wildman–Crippen LogP) is 4.77. The lowest BCUT2D eigenvalue weighted by atomic mass is 10.1. The van der Waals surface area contributed by atoms with Gasteiger partial charge in [-0.05, 0) is 60.6 Å². The van der Waals surface area contributed by atoms with Crippen molar-refractivity contribution in [1.29, 1.82) is 0 Å². The molecule has 1 atom stereocenters. The summed E-state index contributed by atoms with van der Waals surface area (Å²) < 4.78 is 5.20. The van der Waals surface area contributed by atoms with E-state index in [1.54, 1.807) is 30.8 Å². The Morgan fingerprint density at radius 1 is 1.13 bits per heavy atom. The van der Waals surface area contributed by atoms with Crippen molar-refractivity contribution in [2.75, 3.05) is 19.9 Å². The van der Waals surface area contributed by atoms with Gasteiger partial charge in [-0.1, -0.05) is 30.7 Å². The van der Waals surface area contributed by atoms with E-state index in [1.165, 1.54) is 0 Å². The Balaban J connectivity index is 2.01. The average Bonchev–Trinajstić information content (AvgIpc) is 2.77. The maximum absolute atomic E-state index is 13.0. The van der Waals surface area contributed by atoms with Crippen LogP contribution in [-0.4, -0.2) is 42.7 Å². The molecule has 30 heavy (non-hydrogen) atoms. The van der Waals surface area contributed by atoms with Gasteiger partial charge in [0, 0.05) is 29.9 Å². The number of likely N-dealkylation sites (N-methyl/N-ethyl adjacent to an activating group) is 1. The standard InChI is InChI=1S/C23H29ClN2O3S/c1-4-21(23(28)25-2)26(16-17-7-11-19(29-3)12-8-17)22(27)6-5-15-30-20-13-9-18(24)10-14-20/h7-14,21H,4-6,15-16H2,1-3H3,(H,25,28)/t21-/m0/s1. The first-order valence-corrected chi connectivity index (χ1v) is 11.4. The second kappa shape index (κ2) is 12.5. The highest BCUT2D eigenvalue weighted by molar-refractivity contribution is 7.99. The molecule has 0 aliphatic carbocycles. The Kier molecular flexibility index (Phi) is 10.0. The van der Waals surface area contributed by atoms with Crippen molar-refractivity contribution < 1.29 is 14.3 Å². The number of rotatable bonds is 11. The third kappa shape index (κ3) is 7.26. The molecule has 0 spiro atoms. The first-order chi connectivity index (χ1) is 14.5. The Hall–Kier alpha value is -2.18. The molecule has 162 valence electrons. The van der Waals surface area contributed by atoms with Gasteiger partial charge in [0.25, 0.3) is 0 Å². The largest absolute Gasteiger partial charge is 0.497 e. The molecular weight excluding hydrogens is 420 g/mol. The van der Waals surface area contributed by atoms with Crippen LogP contribution in [0.4, 0.5) is 0 Å². The lowest BCUT2D eigenvalue weighted by molar-refractivity contribution is -0.141. The molecule has 0 saturated heterocycles. The van der Waals surface area contributed by atoms with Gasteiger partial charge in [0.1, 0.15) is 11.8 Å². The van der Waals surface area contributed by atoms with Crippen molar-refractivity contribution in [3.05, 3.63) is 59.1 Å². The Morgan fingerprint density at radius 3 is 2.37 bits per heavy atom. The molecule has 0 aliphatic heterocycles. The Bertz CT molecular complexity index is 812. The predicted molar refractivity (Wildman–Crippen MR) is 123 cm³/mol. The van der Waals surface area contributed by atoms with Crippen molar-refractivity contribution in [1.82, 2.24) is 10.2 Å². The molecule has 7 heteroatoms. The van der Waals surface area contributed by atoms with E-state index in [0.29, 0.717) is 24.4 Å². The van der Waals surface area contributed by atoms with Gasteiger partial charge < -0.3 is 15.0 Å². The lowest BCUT2D eigenvalue weighted by Gasteiger charge is -2.30. The van der Waals surface area contributed by atoms with E-state index in [-0.39, 0.29) is 11.8 Å². The number of methoxy groups -OCH3 is 1. The number of carbonyl (C=O) groups is 2. The molecule has 0 aromatic heterocycles. The zero-order valence-electron chi connectivity index (χ0n) is 17.7. The van der Waals surface area contributed by atoms with Crippen molar-refractivity contribution in [2.45, 2.75) is 43.7 Å². The van der Waals surface area contributed by atoms with E-state index < -0.39 is 6.04 Å². The van der Waals surface area contributed by atoms with Crippen molar-refractivity contribution in [3.8, 4) is 5.75 Å². The van der Waals surface area contributed by atoms with E-state index in [2.05, 4.69) is 5.32 Å². The topological polar surface area (TPSA) is 58.6 Å². The first-order valence-electron chi connectivity index (χ1n) is 10.0. The van der Waals surface area contributed by atoms with Crippen molar-refractivity contribution in [3.63, 3.8) is 0 Å². The molecule has 2 aromatic carbocycles. The number of ether oxygens (including phenoxy) is 1. The number of carbonyl (C=O) groups excluding carboxylic acids is 2. The summed E-state index contributed by atoms with van der Waals surface area (Å²) in [5.41, 5.74) is 0.960. The average molecular weight is 449 g/mol. The molecule has 0 aliphatic rings. The lowest BCUT2D eigenvalue weighted by Crippen LogP contribution is -2.48. The highest BCUT2D eigenvalue weighted by atomic mass is 35.5. The SMILES string of the molecule is CC[C@@H](C(=O)NC)N(Cc1ccc(OC)cc1)C(=O)CCCSc1ccc(Cl)cc1. The van der Waals surface area contributed by atoms with Crippen LogP contribution < -0.4 is 10.1 Å². The maximum atomic E-state index is 13.0. The van der Waals surface area contributed by atoms with Gasteiger partial charge in [0.05, 0.1) is 7.11 Å². The van der Waals surface area contributed by atoms with Crippen molar-refractivity contribution in [2.24, 2.45) is 0 Å². The number of thioether (sulfide) groups is 1. The van der Waals surface area contributed by atoms with Gasteiger partial charge in [0.2, 0.25) is 11.8 Å². The number of hydrogen-bond acceptors (Lipinski definition) is 4. The van der Waals surface area contributed by atoms with Crippen LogP contribution in [0.2, 0.25) is 5.02 Å². The molecule has 2 amide bonds. The Morgan fingerprint density at radius 2 is 1.80 bits per heavy atom. The molecule has 0 bridgehead atoms. The number of halogens is 1. The second-order valence-corrected chi connectivity index (χ2v) is 8.42. The van der Waals surface area contributed by atoms with E-state index in [4.69, 9.17) is 16.3 Å². The fraction of sp³-hybridized carbons (Fsp3) is 0.391.